The lowest BCUT2D eigenvalue weighted by atomic mass is 10.2. The van der Waals surface area contributed by atoms with Crippen LogP contribution in [0.1, 0.15) is 6.92 Å². The summed E-state index contributed by atoms with van der Waals surface area (Å²) in [5.41, 5.74) is 2.62. The van der Waals surface area contributed by atoms with Gasteiger partial charge in [0.15, 0.2) is 6.10 Å². The van der Waals surface area contributed by atoms with Gasteiger partial charge in [-0.05, 0) is 37.3 Å². The summed E-state index contributed by atoms with van der Waals surface area (Å²) in [7, 11) is 0. The van der Waals surface area contributed by atoms with Crippen LogP contribution >= 0.6 is 0 Å². The number of benzene rings is 2. The number of amides is 2. The van der Waals surface area contributed by atoms with Gasteiger partial charge in [0.05, 0.1) is 11.2 Å². The molecule has 0 saturated heterocycles. The predicted octanol–water partition coefficient (Wildman–Crippen LogP) is 1.79. The summed E-state index contributed by atoms with van der Waals surface area (Å²) in [4.78, 5) is 24.0. The molecule has 2 amide bonds. The number of carbonyl (C=O) groups is 2. The summed E-state index contributed by atoms with van der Waals surface area (Å²) in [6.07, 6.45) is -0.534. The van der Waals surface area contributed by atoms with Gasteiger partial charge < -0.3 is 15.4 Å². The first-order valence-corrected chi connectivity index (χ1v) is 7.80. The highest BCUT2D eigenvalue weighted by atomic mass is 16.5. The van der Waals surface area contributed by atoms with Crippen LogP contribution in [-0.2, 0) is 16.1 Å². The molecule has 0 spiro atoms. The Morgan fingerprint density at radius 2 is 2.16 bits per heavy atom. The summed E-state index contributed by atoms with van der Waals surface area (Å²) >= 11 is 0. The normalized spacial score (nSPS) is 16.0. The quantitative estimate of drug-likeness (QED) is 0.759. The number of aromatic nitrogens is 3. The standard InChI is InChI=1S/C17H15N5O3/c1-10-17(24)19-13-8-11(6-7-15(13)25-10)18-16(23)9-22-14-5-3-2-4-12(14)20-21-22/h2-8,10H,9H2,1H3,(H,18,23)(H,19,24)/t10-/m0/s1. The summed E-state index contributed by atoms with van der Waals surface area (Å²) in [6.45, 7) is 1.72. The fourth-order valence-electron chi connectivity index (χ4n) is 2.66. The number of ether oxygens (including phenoxy) is 1. The highest BCUT2D eigenvalue weighted by Gasteiger charge is 2.23. The minimum Gasteiger partial charge on any atom is -0.479 e. The summed E-state index contributed by atoms with van der Waals surface area (Å²) in [5.74, 6) is 0.115. The second kappa shape index (κ2) is 5.90. The molecule has 2 N–H and O–H groups in total. The maximum absolute atomic E-state index is 12.3. The van der Waals surface area contributed by atoms with Gasteiger partial charge in [-0.2, -0.15) is 0 Å². The minimum atomic E-state index is -0.534. The number of nitrogens with one attached hydrogen (secondary N) is 2. The zero-order valence-electron chi connectivity index (χ0n) is 13.4. The van der Waals surface area contributed by atoms with Crippen molar-refractivity contribution in [3.8, 4) is 5.75 Å². The van der Waals surface area contributed by atoms with Gasteiger partial charge in [0.25, 0.3) is 5.91 Å². The number of nitrogens with zero attached hydrogens (tertiary/aromatic N) is 3. The third-order valence-electron chi connectivity index (χ3n) is 3.91. The fourth-order valence-corrected chi connectivity index (χ4v) is 2.66. The fraction of sp³-hybridized carbons (Fsp3) is 0.176. The predicted molar refractivity (Wildman–Crippen MR) is 91.3 cm³/mol. The number of anilines is 2. The van der Waals surface area contributed by atoms with Crippen LogP contribution in [0.2, 0.25) is 0 Å². The highest BCUT2D eigenvalue weighted by molar-refractivity contribution is 5.99. The van der Waals surface area contributed by atoms with Crippen LogP contribution in [0.3, 0.4) is 0 Å². The molecule has 0 bridgehead atoms. The maximum atomic E-state index is 12.3. The smallest absolute Gasteiger partial charge is 0.265 e. The largest absolute Gasteiger partial charge is 0.479 e. The molecule has 0 unspecified atom stereocenters. The Labute approximate surface area is 142 Å². The van der Waals surface area contributed by atoms with E-state index in [4.69, 9.17) is 4.74 Å². The minimum absolute atomic E-state index is 0.0392. The summed E-state index contributed by atoms with van der Waals surface area (Å²) in [6, 6.07) is 12.5. The number of fused-ring (bicyclic) bond motifs is 2. The maximum Gasteiger partial charge on any atom is 0.265 e. The third-order valence-corrected chi connectivity index (χ3v) is 3.91. The van der Waals surface area contributed by atoms with E-state index < -0.39 is 6.10 Å². The number of para-hydroxylation sites is 1. The molecular formula is C17H15N5O3. The number of rotatable bonds is 3. The van der Waals surface area contributed by atoms with Crippen LogP contribution in [0.25, 0.3) is 11.0 Å². The molecule has 0 aliphatic carbocycles. The average Bonchev–Trinajstić information content (AvgIpc) is 2.99. The zero-order chi connectivity index (χ0) is 17.4. The van der Waals surface area contributed by atoms with Crippen LogP contribution in [0.15, 0.2) is 42.5 Å². The Balaban J connectivity index is 1.50. The van der Waals surface area contributed by atoms with E-state index in [2.05, 4.69) is 20.9 Å². The Hall–Kier alpha value is -3.42. The molecule has 2 heterocycles. The molecule has 1 aliphatic rings. The van der Waals surface area contributed by atoms with Crippen molar-refractivity contribution in [1.82, 2.24) is 15.0 Å². The molecule has 0 radical (unpaired) electrons. The molecule has 1 aliphatic heterocycles. The average molecular weight is 337 g/mol. The second-order valence-corrected chi connectivity index (χ2v) is 5.74. The van der Waals surface area contributed by atoms with E-state index in [9.17, 15) is 9.59 Å². The Kier molecular flexibility index (Phi) is 3.57. The topological polar surface area (TPSA) is 98.1 Å². The molecule has 3 aromatic rings. The van der Waals surface area contributed by atoms with Crippen molar-refractivity contribution >= 4 is 34.2 Å². The summed E-state index contributed by atoms with van der Waals surface area (Å²) in [5, 5.41) is 13.6. The first-order chi connectivity index (χ1) is 12.1. The van der Waals surface area contributed by atoms with Crippen molar-refractivity contribution in [1.29, 1.82) is 0 Å². The third kappa shape index (κ3) is 2.89. The van der Waals surface area contributed by atoms with Crippen LogP contribution in [-0.4, -0.2) is 32.9 Å². The van der Waals surface area contributed by atoms with E-state index in [0.29, 0.717) is 17.1 Å². The number of carbonyl (C=O) groups excluding carboxylic acids is 2. The van der Waals surface area contributed by atoms with Gasteiger partial charge in [0.1, 0.15) is 17.8 Å². The van der Waals surface area contributed by atoms with Gasteiger partial charge >= 0.3 is 0 Å². The lowest BCUT2D eigenvalue weighted by Gasteiger charge is -2.23. The van der Waals surface area contributed by atoms with E-state index in [-0.39, 0.29) is 18.4 Å². The van der Waals surface area contributed by atoms with Crippen molar-refractivity contribution < 1.29 is 14.3 Å². The monoisotopic (exact) mass is 337 g/mol. The molecule has 8 nitrogen and oxygen atoms in total. The van der Waals surface area contributed by atoms with Gasteiger partial charge in [-0.1, -0.05) is 17.3 Å². The van der Waals surface area contributed by atoms with Crippen molar-refractivity contribution in [2.75, 3.05) is 10.6 Å². The van der Waals surface area contributed by atoms with Crippen molar-refractivity contribution in [2.24, 2.45) is 0 Å². The Bertz CT molecular complexity index is 981. The van der Waals surface area contributed by atoms with Gasteiger partial charge in [0, 0.05) is 5.69 Å². The van der Waals surface area contributed by atoms with Crippen LogP contribution in [0.4, 0.5) is 11.4 Å². The molecule has 0 saturated carbocycles. The van der Waals surface area contributed by atoms with E-state index in [0.717, 1.165) is 11.0 Å². The molecule has 8 heteroatoms. The van der Waals surface area contributed by atoms with E-state index in [1.165, 1.54) is 4.68 Å². The lowest BCUT2D eigenvalue weighted by molar-refractivity contribution is -0.122. The number of hydrogen-bond donors (Lipinski definition) is 2. The highest BCUT2D eigenvalue weighted by Crippen LogP contribution is 2.32. The zero-order valence-corrected chi connectivity index (χ0v) is 13.4. The van der Waals surface area contributed by atoms with Crippen LogP contribution < -0.4 is 15.4 Å². The molecule has 25 heavy (non-hydrogen) atoms. The van der Waals surface area contributed by atoms with Crippen molar-refractivity contribution in [2.45, 2.75) is 19.6 Å². The molecule has 0 fully saturated rings. The first kappa shape index (κ1) is 15.1. The molecule has 1 atom stereocenters. The second-order valence-electron chi connectivity index (χ2n) is 5.74. The lowest BCUT2D eigenvalue weighted by Crippen LogP contribution is -2.34. The molecule has 1 aromatic heterocycles. The van der Waals surface area contributed by atoms with E-state index >= 15 is 0 Å². The molecule has 126 valence electrons. The van der Waals surface area contributed by atoms with E-state index in [1.807, 2.05) is 24.3 Å². The molecule has 2 aromatic carbocycles. The van der Waals surface area contributed by atoms with Crippen molar-refractivity contribution in [3.63, 3.8) is 0 Å². The molecule has 4 rings (SSSR count). The van der Waals surface area contributed by atoms with Gasteiger partial charge in [-0.3, -0.25) is 9.59 Å². The van der Waals surface area contributed by atoms with Crippen molar-refractivity contribution in [3.05, 3.63) is 42.5 Å². The Morgan fingerprint density at radius 3 is 3.04 bits per heavy atom. The molecular weight excluding hydrogens is 322 g/mol. The van der Waals surface area contributed by atoms with Gasteiger partial charge in [-0.15, -0.1) is 5.10 Å². The van der Waals surface area contributed by atoms with Gasteiger partial charge in [0.2, 0.25) is 5.91 Å². The van der Waals surface area contributed by atoms with E-state index in [1.54, 1.807) is 25.1 Å². The Morgan fingerprint density at radius 1 is 1.32 bits per heavy atom. The first-order valence-electron chi connectivity index (χ1n) is 7.80. The number of hydrogen-bond acceptors (Lipinski definition) is 5. The van der Waals surface area contributed by atoms with Crippen LogP contribution in [0, 0.1) is 0 Å². The summed E-state index contributed by atoms with van der Waals surface area (Å²) < 4.78 is 7.03. The SMILES string of the molecule is C[C@@H]1Oc2ccc(NC(=O)Cn3nnc4ccccc43)cc2NC1=O. The van der Waals surface area contributed by atoms with Gasteiger partial charge in [-0.25, -0.2) is 4.68 Å². The van der Waals surface area contributed by atoms with Crippen LogP contribution in [0.5, 0.6) is 5.75 Å².